The van der Waals surface area contributed by atoms with E-state index in [1.807, 2.05) is 0 Å². The van der Waals surface area contributed by atoms with Gasteiger partial charge in [-0.3, -0.25) is 0 Å². The largest absolute Gasteiger partial charge is 0.396 e. The van der Waals surface area contributed by atoms with E-state index in [0.717, 1.165) is 38.5 Å². The van der Waals surface area contributed by atoms with Crippen LogP contribution >= 0.6 is 0 Å². The van der Waals surface area contributed by atoms with E-state index in [4.69, 9.17) is 0 Å². The third-order valence-electron chi connectivity index (χ3n) is 4.12. The normalized spacial score (nSPS) is 34.8. The highest BCUT2D eigenvalue weighted by atomic mass is 16.3. The lowest BCUT2D eigenvalue weighted by Gasteiger charge is -2.27. The molecular formula is C12H23NO2. The van der Waals surface area contributed by atoms with Crippen LogP contribution < -0.4 is 5.32 Å². The molecule has 0 aliphatic heterocycles. The molecule has 3 nitrogen and oxygen atoms in total. The number of hydrogen-bond acceptors (Lipinski definition) is 3. The first-order valence-corrected chi connectivity index (χ1v) is 6.30. The fourth-order valence-corrected chi connectivity index (χ4v) is 3.06. The Balaban J connectivity index is 1.77. The van der Waals surface area contributed by atoms with Crippen LogP contribution in [0.3, 0.4) is 0 Å². The van der Waals surface area contributed by atoms with Crippen molar-refractivity contribution in [2.45, 2.75) is 56.6 Å². The molecule has 2 rings (SSSR count). The van der Waals surface area contributed by atoms with Crippen LogP contribution in [-0.2, 0) is 0 Å². The van der Waals surface area contributed by atoms with Gasteiger partial charge in [-0.2, -0.15) is 0 Å². The molecule has 0 bridgehead atoms. The van der Waals surface area contributed by atoms with E-state index in [2.05, 4.69) is 5.32 Å². The fraction of sp³-hybridized carbons (Fsp3) is 1.00. The summed E-state index contributed by atoms with van der Waals surface area (Å²) in [7, 11) is 0. The van der Waals surface area contributed by atoms with Crippen molar-refractivity contribution in [3.05, 3.63) is 0 Å². The van der Waals surface area contributed by atoms with Gasteiger partial charge in [-0.1, -0.05) is 19.3 Å². The van der Waals surface area contributed by atoms with E-state index >= 15 is 0 Å². The molecule has 2 aliphatic rings. The van der Waals surface area contributed by atoms with E-state index in [1.54, 1.807) is 0 Å². The Hall–Kier alpha value is -0.120. The highest BCUT2D eigenvalue weighted by Crippen LogP contribution is 2.30. The predicted molar refractivity (Wildman–Crippen MR) is 59.6 cm³/mol. The maximum atomic E-state index is 10.2. The third-order valence-corrected chi connectivity index (χ3v) is 4.12. The van der Waals surface area contributed by atoms with Gasteiger partial charge in [0.15, 0.2) is 0 Å². The molecule has 0 saturated heterocycles. The summed E-state index contributed by atoms with van der Waals surface area (Å²) in [5.41, 5.74) is -0.456. The monoisotopic (exact) mass is 213 g/mol. The van der Waals surface area contributed by atoms with Gasteiger partial charge in [-0.05, 0) is 31.6 Å². The van der Waals surface area contributed by atoms with Crippen molar-refractivity contribution < 1.29 is 10.2 Å². The zero-order valence-electron chi connectivity index (χ0n) is 9.41. The maximum Gasteiger partial charge on any atom is 0.0771 e. The van der Waals surface area contributed by atoms with Crippen LogP contribution in [0.5, 0.6) is 0 Å². The Morgan fingerprint density at radius 3 is 2.53 bits per heavy atom. The van der Waals surface area contributed by atoms with Crippen LogP contribution in [0.25, 0.3) is 0 Å². The lowest BCUT2D eigenvalue weighted by Crippen LogP contribution is -2.44. The second-order valence-corrected chi connectivity index (χ2v) is 5.29. The van der Waals surface area contributed by atoms with Crippen molar-refractivity contribution in [1.82, 2.24) is 5.32 Å². The van der Waals surface area contributed by atoms with Gasteiger partial charge in [-0.15, -0.1) is 0 Å². The first-order valence-electron chi connectivity index (χ1n) is 6.30. The first kappa shape index (κ1) is 11.4. The van der Waals surface area contributed by atoms with Gasteiger partial charge >= 0.3 is 0 Å². The van der Waals surface area contributed by atoms with Crippen molar-refractivity contribution in [2.75, 3.05) is 13.2 Å². The van der Waals surface area contributed by atoms with E-state index in [9.17, 15) is 10.2 Å². The van der Waals surface area contributed by atoms with Gasteiger partial charge in [-0.25, -0.2) is 0 Å². The summed E-state index contributed by atoms with van der Waals surface area (Å²) in [6.07, 6.45) is 7.70. The fourth-order valence-electron chi connectivity index (χ4n) is 3.06. The molecule has 2 saturated carbocycles. The maximum absolute atomic E-state index is 10.2. The highest BCUT2D eigenvalue weighted by Gasteiger charge is 2.33. The number of rotatable bonds is 4. The minimum absolute atomic E-state index is 0.288. The molecule has 88 valence electrons. The summed E-state index contributed by atoms with van der Waals surface area (Å²) in [4.78, 5) is 0. The van der Waals surface area contributed by atoms with Crippen molar-refractivity contribution in [3.63, 3.8) is 0 Å². The zero-order chi connectivity index (χ0) is 10.7. The lowest BCUT2D eigenvalue weighted by molar-refractivity contribution is 0.0420. The molecule has 0 aromatic heterocycles. The van der Waals surface area contributed by atoms with Gasteiger partial charge in [0.05, 0.1) is 5.60 Å². The standard InChI is InChI=1S/C12H23NO2/c14-8-10-4-3-5-11(10)13-9-12(15)6-1-2-7-12/h10-11,13-15H,1-9H2. The van der Waals surface area contributed by atoms with Crippen LogP contribution in [0.15, 0.2) is 0 Å². The Labute approximate surface area is 91.9 Å². The van der Waals surface area contributed by atoms with E-state index < -0.39 is 5.60 Å². The summed E-state index contributed by atoms with van der Waals surface area (Å²) in [5, 5.41) is 22.8. The van der Waals surface area contributed by atoms with Crippen LogP contribution in [0.2, 0.25) is 0 Å². The summed E-state index contributed by atoms with van der Waals surface area (Å²) >= 11 is 0. The predicted octanol–water partition coefficient (Wildman–Crippen LogP) is 1.04. The average Bonchev–Trinajstić information content (AvgIpc) is 2.84. The van der Waals surface area contributed by atoms with Gasteiger partial charge in [0.2, 0.25) is 0 Å². The molecule has 2 atom stereocenters. The molecule has 0 spiro atoms. The number of aliphatic hydroxyl groups is 2. The Morgan fingerprint density at radius 1 is 1.13 bits per heavy atom. The first-order chi connectivity index (χ1) is 7.23. The van der Waals surface area contributed by atoms with Gasteiger partial charge in [0.25, 0.3) is 0 Å². The van der Waals surface area contributed by atoms with Crippen LogP contribution in [0, 0.1) is 5.92 Å². The summed E-state index contributed by atoms with van der Waals surface area (Å²) in [5.74, 6) is 0.412. The molecule has 0 heterocycles. The van der Waals surface area contributed by atoms with Crippen LogP contribution in [0.4, 0.5) is 0 Å². The lowest BCUT2D eigenvalue weighted by atomic mass is 10.00. The molecule has 0 aromatic carbocycles. The zero-order valence-corrected chi connectivity index (χ0v) is 9.41. The molecular weight excluding hydrogens is 190 g/mol. The van der Waals surface area contributed by atoms with Crippen LogP contribution in [-0.4, -0.2) is 35.0 Å². The Kier molecular flexibility index (Phi) is 3.65. The molecule has 2 aliphatic carbocycles. The second-order valence-electron chi connectivity index (χ2n) is 5.29. The second kappa shape index (κ2) is 4.81. The Morgan fingerprint density at radius 2 is 1.87 bits per heavy atom. The van der Waals surface area contributed by atoms with Crippen molar-refractivity contribution in [3.8, 4) is 0 Å². The van der Waals surface area contributed by atoms with E-state index in [1.165, 1.54) is 6.42 Å². The summed E-state index contributed by atoms with van der Waals surface area (Å²) in [6, 6.07) is 0.430. The Bertz CT molecular complexity index is 202. The number of aliphatic hydroxyl groups excluding tert-OH is 1. The van der Waals surface area contributed by atoms with E-state index in [-0.39, 0.29) is 6.61 Å². The highest BCUT2D eigenvalue weighted by molar-refractivity contribution is 4.90. The molecule has 0 radical (unpaired) electrons. The van der Waals surface area contributed by atoms with Crippen molar-refractivity contribution in [2.24, 2.45) is 5.92 Å². The quantitative estimate of drug-likeness (QED) is 0.654. The topological polar surface area (TPSA) is 52.5 Å². The van der Waals surface area contributed by atoms with Crippen molar-refractivity contribution >= 4 is 0 Å². The van der Waals surface area contributed by atoms with E-state index in [0.29, 0.717) is 18.5 Å². The number of hydrogen-bond donors (Lipinski definition) is 3. The summed E-state index contributed by atoms with van der Waals surface area (Å²) in [6.45, 7) is 1.00. The van der Waals surface area contributed by atoms with Gasteiger partial charge in [0.1, 0.15) is 0 Å². The van der Waals surface area contributed by atoms with Crippen LogP contribution in [0.1, 0.15) is 44.9 Å². The average molecular weight is 213 g/mol. The van der Waals surface area contributed by atoms with Gasteiger partial charge in [0, 0.05) is 19.2 Å². The third kappa shape index (κ3) is 2.71. The SMILES string of the molecule is OCC1CCCC1NCC1(O)CCCC1. The minimum atomic E-state index is -0.456. The molecule has 3 heteroatoms. The molecule has 3 N–H and O–H groups in total. The van der Waals surface area contributed by atoms with Gasteiger partial charge < -0.3 is 15.5 Å². The molecule has 15 heavy (non-hydrogen) atoms. The number of nitrogens with one attached hydrogen (secondary N) is 1. The molecule has 2 fully saturated rings. The smallest absolute Gasteiger partial charge is 0.0771 e. The molecule has 0 amide bonds. The minimum Gasteiger partial charge on any atom is -0.396 e. The molecule has 0 aromatic rings. The molecule has 2 unspecified atom stereocenters. The van der Waals surface area contributed by atoms with Crippen molar-refractivity contribution in [1.29, 1.82) is 0 Å². The summed E-state index contributed by atoms with van der Waals surface area (Å²) < 4.78 is 0.